The molecule has 5 heteroatoms. The van der Waals surface area contributed by atoms with E-state index in [1.165, 1.54) is 0 Å². The molecule has 0 aliphatic carbocycles. The summed E-state index contributed by atoms with van der Waals surface area (Å²) in [6.45, 7) is 4.48. The summed E-state index contributed by atoms with van der Waals surface area (Å²) < 4.78 is 16.7. The van der Waals surface area contributed by atoms with Crippen molar-refractivity contribution in [3.8, 4) is 5.75 Å². The van der Waals surface area contributed by atoms with E-state index >= 15 is 0 Å². The van der Waals surface area contributed by atoms with E-state index in [1.807, 2.05) is 35.2 Å². The summed E-state index contributed by atoms with van der Waals surface area (Å²) in [4.78, 5) is 14.5. The van der Waals surface area contributed by atoms with Gasteiger partial charge in [-0.3, -0.25) is 4.79 Å². The second-order valence-electron chi connectivity index (χ2n) is 7.13. The molecular weight excluding hydrogens is 318 g/mol. The summed E-state index contributed by atoms with van der Waals surface area (Å²) in [6, 6.07) is 9.65. The fourth-order valence-corrected chi connectivity index (χ4v) is 4.10. The predicted octanol–water partition coefficient (Wildman–Crippen LogP) is 2.75. The highest BCUT2D eigenvalue weighted by molar-refractivity contribution is 5.76. The zero-order valence-electron chi connectivity index (χ0n) is 15.1. The largest absolute Gasteiger partial charge is 0.493 e. The number of amides is 1. The minimum atomic E-state index is 0.195. The first-order valence-electron chi connectivity index (χ1n) is 9.26. The van der Waals surface area contributed by atoms with Gasteiger partial charge in [0.15, 0.2) is 0 Å². The fourth-order valence-electron chi connectivity index (χ4n) is 4.10. The zero-order valence-corrected chi connectivity index (χ0v) is 15.1. The number of rotatable bonds is 6. The van der Waals surface area contributed by atoms with Crippen LogP contribution in [-0.2, 0) is 14.3 Å². The van der Waals surface area contributed by atoms with Crippen LogP contribution < -0.4 is 4.74 Å². The number of hydrogen-bond acceptors (Lipinski definition) is 4. The average molecular weight is 347 g/mol. The van der Waals surface area contributed by atoms with Gasteiger partial charge < -0.3 is 19.1 Å². The quantitative estimate of drug-likeness (QED) is 0.794. The van der Waals surface area contributed by atoms with Crippen molar-refractivity contribution >= 4 is 5.91 Å². The molecule has 5 nitrogen and oxygen atoms in total. The summed E-state index contributed by atoms with van der Waals surface area (Å²) in [6.07, 6.45) is 3.62. The SMILES string of the molecule is COC[C@H]1COCCC12CCN(C(=O)CCOc1ccccc1)CC2. The monoisotopic (exact) mass is 347 g/mol. The number of carbonyl (C=O) groups is 1. The van der Waals surface area contributed by atoms with E-state index in [-0.39, 0.29) is 11.3 Å². The second kappa shape index (κ2) is 8.68. The summed E-state index contributed by atoms with van der Waals surface area (Å²) >= 11 is 0. The molecular formula is C20H29NO4. The first kappa shape index (κ1) is 18.2. The molecule has 0 unspecified atom stereocenters. The summed E-state index contributed by atoms with van der Waals surface area (Å²) in [5.74, 6) is 1.46. The normalized spacial score (nSPS) is 22.8. The minimum absolute atomic E-state index is 0.195. The van der Waals surface area contributed by atoms with Crippen molar-refractivity contribution in [2.24, 2.45) is 11.3 Å². The van der Waals surface area contributed by atoms with Gasteiger partial charge in [0.1, 0.15) is 5.75 Å². The summed E-state index contributed by atoms with van der Waals surface area (Å²) in [7, 11) is 1.76. The Bertz CT molecular complexity index is 538. The lowest BCUT2D eigenvalue weighted by Crippen LogP contribution is -2.50. The van der Waals surface area contributed by atoms with Crippen molar-refractivity contribution in [3.05, 3.63) is 30.3 Å². The molecule has 1 spiro atoms. The van der Waals surface area contributed by atoms with Crippen molar-refractivity contribution in [1.29, 1.82) is 0 Å². The lowest BCUT2D eigenvalue weighted by molar-refractivity contribution is -0.139. The molecule has 2 heterocycles. The standard InChI is InChI=1S/C20H29NO4/c1-23-15-17-16-24-14-10-20(17)8-11-21(12-9-20)19(22)7-13-25-18-5-3-2-4-6-18/h2-6,17H,7-16H2,1H3/t17-/m0/s1. The Morgan fingerprint density at radius 3 is 2.72 bits per heavy atom. The Hall–Kier alpha value is -1.59. The number of ether oxygens (including phenoxy) is 3. The molecule has 0 bridgehead atoms. The number of methoxy groups -OCH3 is 1. The van der Waals surface area contributed by atoms with Gasteiger partial charge in [0.2, 0.25) is 5.91 Å². The van der Waals surface area contributed by atoms with Gasteiger partial charge in [-0.25, -0.2) is 0 Å². The lowest BCUT2D eigenvalue weighted by Gasteiger charge is -2.48. The van der Waals surface area contributed by atoms with Crippen molar-refractivity contribution in [1.82, 2.24) is 4.90 Å². The average Bonchev–Trinajstić information content (AvgIpc) is 2.65. The van der Waals surface area contributed by atoms with Gasteiger partial charge in [0.05, 0.1) is 26.2 Å². The molecule has 138 valence electrons. The van der Waals surface area contributed by atoms with Crippen molar-refractivity contribution in [3.63, 3.8) is 0 Å². The van der Waals surface area contributed by atoms with Crippen LogP contribution in [0.2, 0.25) is 0 Å². The van der Waals surface area contributed by atoms with Crippen molar-refractivity contribution in [2.45, 2.75) is 25.7 Å². The highest BCUT2D eigenvalue weighted by atomic mass is 16.5. The van der Waals surface area contributed by atoms with E-state index in [2.05, 4.69) is 0 Å². The molecule has 1 atom stereocenters. The van der Waals surface area contributed by atoms with Crippen molar-refractivity contribution < 1.29 is 19.0 Å². The number of nitrogens with zero attached hydrogens (tertiary/aromatic N) is 1. The van der Waals surface area contributed by atoms with Gasteiger partial charge in [0, 0.05) is 32.7 Å². The maximum absolute atomic E-state index is 12.5. The van der Waals surface area contributed by atoms with E-state index in [4.69, 9.17) is 14.2 Å². The number of piperidine rings is 1. The van der Waals surface area contributed by atoms with Gasteiger partial charge in [-0.15, -0.1) is 0 Å². The van der Waals surface area contributed by atoms with Crippen LogP contribution in [-0.4, -0.2) is 57.4 Å². The summed E-state index contributed by atoms with van der Waals surface area (Å²) in [5, 5.41) is 0. The van der Waals surface area contributed by atoms with Crippen LogP contribution >= 0.6 is 0 Å². The molecule has 0 saturated carbocycles. The highest BCUT2D eigenvalue weighted by Crippen LogP contribution is 2.44. The Morgan fingerprint density at radius 1 is 1.24 bits per heavy atom. The van der Waals surface area contributed by atoms with Crippen LogP contribution in [0.3, 0.4) is 0 Å². The Balaban J connectivity index is 1.45. The van der Waals surface area contributed by atoms with Crippen molar-refractivity contribution in [2.75, 3.05) is 46.6 Å². The van der Waals surface area contributed by atoms with Crippen LogP contribution in [0.25, 0.3) is 0 Å². The van der Waals surface area contributed by atoms with Crippen LogP contribution in [0.1, 0.15) is 25.7 Å². The molecule has 2 aliphatic rings. The van der Waals surface area contributed by atoms with Crippen LogP contribution in [0, 0.1) is 11.3 Å². The van der Waals surface area contributed by atoms with Gasteiger partial charge in [-0.05, 0) is 36.8 Å². The Morgan fingerprint density at radius 2 is 2.00 bits per heavy atom. The first-order valence-corrected chi connectivity index (χ1v) is 9.26. The third-order valence-electron chi connectivity index (χ3n) is 5.74. The molecule has 2 saturated heterocycles. The number of carbonyl (C=O) groups excluding carboxylic acids is 1. The molecule has 0 N–H and O–H groups in total. The zero-order chi connectivity index (χ0) is 17.5. The molecule has 1 aromatic rings. The first-order chi connectivity index (χ1) is 12.2. The van der Waals surface area contributed by atoms with E-state index in [9.17, 15) is 4.79 Å². The molecule has 2 fully saturated rings. The van der Waals surface area contributed by atoms with Crippen LogP contribution in [0.5, 0.6) is 5.75 Å². The molecule has 3 rings (SSSR count). The maximum atomic E-state index is 12.5. The van der Waals surface area contributed by atoms with Crippen LogP contribution in [0.4, 0.5) is 0 Å². The second-order valence-corrected chi connectivity index (χ2v) is 7.13. The Kier molecular flexibility index (Phi) is 6.32. The van der Waals surface area contributed by atoms with E-state index in [0.29, 0.717) is 18.9 Å². The summed E-state index contributed by atoms with van der Waals surface area (Å²) in [5.41, 5.74) is 0.283. The van der Waals surface area contributed by atoms with Gasteiger partial charge >= 0.3 is 0 Å². The number of para-hydroxylation sites is 1. The third kappa shape index (κ3) is 4.53. The van der Waals surface area contributed by atoms with Gasteiger partial charge in [-0.2, -0.15) is 0 Å². The molecule has 1 aromatic carbocycles. The molecule has 25 heavy (non-hydrogen) atoms. The number of hydrogen-bond donors (Lipinski definition) is 0. The highest BCUT2D eigenvalue weighted by Gasteiger charge is 2.43. The number of likely N-dealkylation sites (tertiary alicyclic amines) is 1. The predicted molar refractivity (Wildman–Crippen MR) is 95.6 cm³/mol. The maximum Gasteiger partial charge on any atom is 0.225 e. The topological polar surface area (TPSA) is 48.0 Å². The molecule has 0 aromatic heterocycles. The molecule has 0 radical (unpaired) electrons. The number of benzene rings is 1. The van der Waals surface area contributed by atoms with Crippen LogP contribution in [0.15, 0.2) is 30.3 Å². The minimum Gasteiger partial charge on any atom is -0.493 e. The van der Waals surface area contributed by atoms with Gasteiger partial charge in [-0.1, -0.05) is 18.2 Å². The molecule has 1 amide bonds. The van der Waals surface area contributed by atoms with E-state index in [1.54, 1.807) is 7.11 Å². The fraction of sp³-hybridized carbons (Fsp3) is 0.650. The van der Waals surface area contributed by atoms with Gasteiger partial charge in [0.25, 0.3) is 0 Å². The smallest absolute Gasteiger partial charge is 0.225 e. The lowest BCUT2D eigenvalue weighted by atomic mass is 9.66. The Labute approximate surface area is 150 Å². The molecule has 2 aliphatic heterocycles. The third-order valence-corrected chi connectivity index (χ3v) is 5.74. The van der Waals surface area contributed by atoms with E-state index < -0.39 is 0 Å². The van der Waals surface area contributed by atoms with E-state index in [0.717, 1.165) is 57.9 Å².